The van der Waals surface area contributed by atoms with Crippen LogP contribution in [0.4, 0.5) is 0 Å². The lowest BCUT2D eigenvalue weighted by Gasteiger charge is -2.21. The van der Waals surface area contributed by atoms with E-state index in [1.54, 1.807) is 0 Å². The van der Waals surface area contributed by atoms with Crippen molar-refractivity contribution >= 4 is 39.5 Å². The Morgan fingerprint density at radius 3 is 0.905 bits per heavy atom. The molecule has 3 N–H and O–H groups in total. The normalized spacial score (nSPS) is 15.0. The molecule has 0 amide bonds. The van der Waals surface area contributed by atoms with Crippen LogP contribution in [0.1, 0.15) is 318 Å². The van der Waals surface area contributed by atoms with E-state index in [0.29, 0.717) is 31.6 Å². The van der Waals surface area contributed by atoms with Crippen LogP contribution in [0.5, 0.6) is 0 Å². The minimum atomic E-state index is -4.95. The fourth-order valence-electron chi connectivity index (χ4n) is 9.59. The van der Waals surface area contributed by atoms with E-state index in [0.717, 1.165) is 121 Å². The van der Waals surface area contributed by atoms with Gasteiger partial charge >= 0.3 is 39.5 Å². The third-order valence-electron chi connectivity index (χ3n) is 15.6. The van der Waals surface area contributed by atoms with Gasteiger partial charge in [0.05, 0.1) is 26.4 Å². The molecule has 0 aliphatic rings. The fraction of sp³-hybridized carbons (Fsp3) is 0.938. The zero-order valence-corrected chi connectivity index (χ0v) is 56.1. The molecule has 84 heavy (non-hydrogen) atoms. The lowest BCUT2D eigenvalue weighted by molar-refractivity contribution is -0.161. The summed E-state index contributed by atoms with van der Waals surface area (Å²) in [5, 5.41) is 10.5. The second-order valence-electron chi connectivity index (χ2n) is 24.5. The van der Waals surface area contributed by atoms with E-state index < -0.39 is 97.5 Å². The average molecular weight is 1240 g/mol. The molecule has 0 aromatic rings. The van der Waals surface area contributed by atoms with Gasteiger partial charge in [0.1, 0.15) is 19.3 Å². The molecule has 0 aliphatic carbocycles. The molecule has 0 heterocycles. The van der Waals surface area contributed by atoms with Crippen LogP contribution in [0.15, 0.2) is 0 Å². The number of hydrogen-bond donors (Lipinski definition) is 3. The van der Waals surface area contributed by atoms with Crippen LogP contribution < -0.4 is 0 Å². The smallest absolute Gasteiger partial charge is 0.462 e. The lowest BCUT2D eigenvalue weighted by Crippen LogP contribution is -2.30. The van der Waals surface area contributed by atoms with Gasteiger partial charge in [-0.1, -0.05) is 267 Å². The van der Waals surface area contributed by atoms with Gasteiger partial charge in [0.2, 0.25) is 0 Å². The molecule has 0 radical (unpaired) electrons. The van der Waals surface area contributed by atoms with Crippen molar-refractivity contribution in [3.63, 3.8) is 0 Å². The summed E-state index contributed by atoms with van der Waals surface area (Å²) in [5.74, 6) is 0.103. The molecule has 0 spiro atoms. The number of ether oxygens (including phenoxy) is 4. The minimum absolute atomic E-state index is 0.101. The second-order valence-corrected chi connectivity index (χ2v) is 27.4. The largest absolute Gasteiger partial charge is 0.472 e. The summed E-state index contributed by atoms with van der Waals surface area (Å²) < 4.78 is 67.9. The highest BCUT2D eigenvalue weighted by atomic mass is 31.2. The van der Waals surface area contributed by atoms with Gasteiger partial charge in [0, 0.05) is 25.7 Å². The van der Waals surface area contributed by atoms with Crippen molar-refractivity contribution in [3.05, 3.63) is 0 Å². The van der Waals surface area contributed by atoms with Crippen LogP contribution in [0.2, 0.25) is 0 Å². The van der Waals surface area contributed by atoms with E-state index >= 15 is 0 Å². The quantitative estimate of drug-likeness (QED) is 0.0222. The molecule has 0 fully saturated rings. The Bertz CT molecular complexity index is 1670. The molecule has 7 atom stereocenters. The van der Waals surface area contributed by atoms with Crippen LogP contribution in [0.3, 0.4) is 0 Å². The van der Waals surface area contributed by atoms with Crippen molar-refractivity contribution in [3.8, 4) is 0 Å². The molecular formula is C65H126O17P2. The predicted molar refractivity (Wildman–Crippen MR) is 335 cm³/mol. The van der Waals surface area contributed by atoms with Crippen molar-refractivity contribution in [1.82, 2.24) is 0 Å². The number of carbonyl (C=O) groups is 4. The molecule has 19 heteroatoms. The van der Waals surface area contributed by atoms with Gasteiger partial charge in [0.25, 0.3) is 0 Å². The fourth-order valence-corrected chi connectivity index (χ4v) is 11.2. The molecule has 0 bridgehead atoms. The number of phosphoric ester groups is 2. The Kier molecular flexibility index (Phi) is 55.0. The Labute approximate surface area is 511 Å². The Morgan fingerprint density at radius 2 is 0.607 bits per heavy atom. The number of rotatable bonds is 63. The molecule has 0 aliphatic heterocycles. The van der Waals surface area contributed by atoms with E-state index in [9.17, 15) is 43.2 Å². The Balaban J connectivity index is 5.17. The van der Waals surface area contributed by atoms with Crippen LogP contribution >= 0.6 is 15.6 Å². The third kappa shape index (κ3) is 56.6. The molecule has 0 aromatic heterocycles. The maximum atomic E-state index is 13.0. The number of esters is 4. The van der Waals surface area contributed by atoms with Crippen molar-refractivity contribution < 1.29 is 80.2 Å². The summed E-state index contributed by atoms with van der Waals surface area (Å²) in [6.45, 7) is 11.7. The predicted octanol–water partition coefficient (Wildman–Crippen LogP) is 17.9. The van der Waals surface area contributed by atoms with E-state index in [-0.39, 0.29) is 25.7 Å². The topological polar surface area (TPSA) is 237 Å². The van der Waals surface area contributed by atoms with Crippen LogP contribution in [0.25, 0.3) is 0 Å². The maximum absolute atomic E-state index is 13.0. The number of aliphatic hydroxyl groups excluding tert-OH is 1. The third-order valence-corrected chi connectivity index (χ3v) is 17.5. The molecule has 17 nitrogen and oxygen atoms in total. The van der Waals surface area contributed by atoms with Crippen molar-refractivity contribution in [2.45, 2.75) is 336 Å². The summed E-state index contributed by atoms with van der Waals surface area (Å²) in [6, 6.07) is 0. The molecule has 0 saturated heterocycles. The van der Waals surface area contributed by atoms with Crippen LogP contribution in [0, 0.1) is 17.8 Å². The molecule has 4 unspecified atom stereocenters. The molecular weight excluding hydrogens is 1110 g/mol. The molecule has 498 valence electrons. The van der Waals surface area contributed by atoms with E-state index in [1.165, 1.54) is 109 Å². The lowest BCUT2D eigenvalue weighted by atomic mass is 9.99. The van der Waals surface area contributed by atoms with Gasteiger partial charge in [-0.25, -0.2) is 9.13 Å². The SMILES string of the molecule is CCCCCCCCCC(=O)OC[C@H](COP(=O)(O)OC[C@H](O)COP(=O)(O)OC[C@@H](COC(=O)CCCCCCCCC(C)CC)OC(=O)CCCCCCCCCCCCCCCCC(C)CC)OC(=O)CCCCCCCCC(C)C. The van der Waals surface area contributed by atoms with Gasteiger partial charge in [0.15, 0.2) is 12.2 Å². The van der Waals surface area contributed by atoms with Gasteiger partial charge in [-0.15, -0.1) is 0 Å². The highest BCUT2D eigenvalue weighted by Gasteiger charge is 2.30. The van der Waals surface area contributed by atoms with Crippen molar-refractivity contribution in [1.29, 1.82) is 0 Å². The first-order chi connectivity index (χ1) is 40.3. The van der Waals surface area contributed by atoms with Gasteiger partial charge < -0.3 is 33.8 Å². The first-order valence-electron chi connectivity index (χ1n) is 33.9. The van der Waals surface area contributed by atoms with Crippen LogP contribution in [-0.2, 0) is 65.4 Å². The van der Waals surface area contributed by atoms with Gasteiger partial charge in [-0.2, -0.15) is 0 Å². The van der Waals surface area contributed by atoms with Crippen molar-refractivity contribution in [2.75, 3.05) is 39.6 Å². The summed E-state index contributed by atoms with van der Waals surface area (Å²) in [5.41, 5.74) is 0. The summed E-state index contributed by atoms with van der Waals surface area (Å²) in [7, 11) is -9.88. The van der Waals surface area contributed by atoms with Crippen LogP contribution in [-0.4, -0.2) is 96.7 Å². The number of phosphoric acid groups is 2. The summed E-state index contributed by atoms with van der Waals surface area (Å²) >= 11 is 0. The highest BCUT2D eigenvalue weighted by Crippen LogP contribution is 2.45. The second kappa shape index (κ2) is 56.3. The molecule has 0 rings (SSSR count). The van der Waals surface area contributed by atoms with Gasteiger partial charge in [-0.3, -0.25) is 37.3 Å². The number of unbranched alkanes of at least 4 members (excludes halogenated alkanes) is 29. The van der Waals surface area contributed by atoms with E-state index in [4.69, 9.17) is 37.0 Å². The zero-order chi connectivity index (χ0) is 62.4. The summed E-state index contributed by atoms with van der Waals surface area (Å²) in [6.07, 6.45) is 37.9. The zero-order valence-electron chi connectivity index (χ0n) is 54.4. The summed E-state index contributed by atoms with van der Waals surface area (Å²) in [4.78, 5) is 72.1. The molecule has 0 aromatic carbocycles. The first-order valence-corrected chi connectivity index (χ1v) is 36.9. The highest BCUT2D eigenvalue weighted by molar-refractivity contribution is 7.47. The Hall–Kier alpha value is -1.94. The average Bonchev–Trinajstić information content (AvgIpc) is 3.56. The number of aliphatic hydroxyl groups is 1. The minimum Gasteiger partial charge on any atom is -0.462 e. The van der Waals surface area contributed by atoms with E-state index in [1.807, 2.05) is 0 Å². The number of hydrogen-bond acceptors (Lipinski definition) is 15. The van der Waals surface area contributed by atoms with E-state index in [2.05, 4.69) is 48.5 Å². The maximum Gasteiger partial charge on any atom is 0.472 e. The first kappa shape index (κ1) is 82.1. The Morgan fingerprint density at radius 1 is 0.345 bits per heavy atom. The standard InChI is InChI=1S/C65H126O17P2/c1-8-11-12-13-22-32-39-46-62(67)75-52-61(82-65(70)49-42-35-27-25-29-36-43-56(4)5)55-80-84(73,74)78-51-59(66)50-77-83(71,72)79-54-60(53-76-63(68)47-40-33-28-26-31-38-45-58(7)10-3)81-64(69)48-41-34-24-21-19-17-15-14-16-18-20-23-30-37-44-57(6)9-2/h56-61,66H,8-55H2,1-7H3,(H,71,72)(H,73,74)/t57?,58?,59-,60-,61-/m1/s1. The number of carbonyl (C=O) groups excluding carboxylic acids is 4. The van der Waals surface area contributed by atoms with Crippen molar-refractivity contribution in [2.24, 2.45) is 17.8 Å². The molecule has 0 saturated carbocycles. The monoisotopic (exact) mass is 1240 g/mol. The van der Waals surface area contributed by atoms with Gasteiger partial charge in [-0.05, 0) is 43.4 Å².